The van der Waals surface area contributed by atoms with Crippen molar-refractivity contribution in [2.24, 2.45) is 5.41 Å². The Bertz CT molecular complexity index is 1330. The highest BCUT2D eigenvalue weighted by Crippen LogP contribution is 2.25. The van der Waals surface area contributed by atoms with Gasteiger partial charge in [0.05, 0.1) is 36.8 Å². The van der Waals surface area contributed by atoms with Gasteiger partial charge in [-0.05, 0) is 41.5 Å². The second-order valence-electron chi connectivity index (χ2n) is 11.1. The van der Waals surface area contributed by atoms with Crippen LogP contribution in [-0.2, 0) is 38.2 Å². The number of amides is 1. The van der Waals surface area contributed by atoms with Gasteiger partial charge >= 0.3 is 0 Å². The number of benzene rings is 2. The summed E-state index contributed by atoms with van der Waals surface area (Å²) in [5.41, 5.74) is 1.82. The van der Waals surface area contributed by atoms with Crippen molar-refractivity contribution in [3.63, 3.8) is 0 Å². The molecule has 1 amide bonds. The zero-order valence-corrected chi connectivity index (χ0v) is 23.1. The van der Waals surface area contributed by atoms with Crippen LogP contribution in [0.5, 0.6) is 0 Å². The van der Waals surface area contributed by atoms with Crippen molar-refractivity contribution in [3.8, 4) is 0 Å². The Hall–Kier alpha value is -3.04. The molecule has 9 heteroatoms. The van der Waals surface area contributed by atoms with Crippen molar-refractivity contribution in [2.75, 3.05) is 13.2 Å². The van der Waals surface area contributed by atoms with Crippen LogP contribution in [0.1, 0.15) is 56.9 Å². The van der Waals surface area contributed by atoms with E-state index in [1.807, 2.05) is 51.1 Å². The Balaban J connectivity index is 1.68. The van der Waals surface area contributed by atoms with Crippen LogP contribution >= 0.6 is 0 Å². The monoisotopic (exact) mass is 541 g/mol. The van der Waals surface area contributed by atoms with Crippen LogP contribution in [0.2, 0.25) is 0 Å². The Morgan fingerprint density at radius 1 is 1.11 bits per heavy atom. The summed E-state index contributed by atoms with van der Waals surface area (Å²) in [4.78, 5) is 19.5. The minimum Gasteiger partial charge on any atom is -0.376 e. The number of ether oxygens (including phenoxy) is 1. The number of halogens is 1. The average molecular weight is 542 g/mol. The summed E-state index contributed by atoms with van der Waals surface area (Å²) < 4.78 is 47.9. The maximum atomic E-state index is 13.5. The van der Waals surface area contributed by atoms with Crippen molar-refractivity contribution in [1.82, 2.24) is 14.5 Å². The molecule has 0 saturated carbocycles. The third kappa shape index (κ3) is 7.51. The second-order valence-corrected chi connectivity index (χ2v) is 13.0. The highest BCUT2D eigenvalue weighted by Gasteiger charge is 2.29. The van der Waals surface area contributed by atoms with E-state index < -0.39 is 15.7 Å². The predicted molar refractivity (Wildman–Crippen MR) is 144 cm³/mol. The summed E-state index contributed by atoms with van der Waals surface area (Å²) >= 11 is 0. The van der Waals surface area contributed by atoms with E-state index in [9.17, 15) is 17.6 Å². The number of aromatic nitrogens is 2. The quantitative estimate of drug-likeness (QED) is 0.361. The van der Waals surface area contributed by atoms with Gasteiger partial charge in [-0.15, -0.1) is 0 Å². The largest absolute Gasteiger partial charge is 0.376 e. The third-order valence-electron chi connectivity index (χ3n) is 6.47. The molecule has 1 fully saturated rings. The number of rotatable bonds is 10. The molecule has 204 valence electrons. The van der Waals surface area contributed by atoms with E-state index in [1.54, 1.807) is 15.7 Å². The molecule has 7 nitrogen and oxygen atoms in total. The van der Waals surface area contributed by atoms with Gasteiger partial charge in [-0.3, -0.25) is 4.79 Å². The van der Waals surface area contributed by atoms with Crippen molar-refractivity contribution in [1.29, 1.82) is 0 Å². The van der Waals surface area contributed by atoms with E-state index in [1.165, 1.54) is 24.3 Å². The first kappa shape index (κ1) is 28.0. The minimum absolute atomic E-state index is 0.00354. The Labute approximate surface area is 224 Å². The van der Waals surface area contributed by atoms with Crippen LogP contribution in [0.3, 0.4) is 0 Å². The van der Waals surface area contributed by atoms with Gasteiger partial charge < -0.3 is 14.2 Å². The summed E-state index contributed by atoms with van der Waals surface area (Å²) in [6, 6.07) is 15.0. The molecule has 1 aliphatic heterocycles. The van der Waals surface area contributed by atoms with E-state index >= 15 is 0 Å². The normalized spacial score (nSPS) is 16.1. The number of imidazole rings is 1. The van der Waals surface area contributed by atoms with Crippen molar-refractivity contribution in [3.05, 3.63) is 83.4 Å². The smallest absolute Gasteiger partial charge is 0.228 e. The van der Waals surface area contributed by atoms with Crippen LogP contribution in [0, 0.1) is 11.2 Å². The van der Waals surface area contributed by atoms with E-state index in [4.69, 9.17) is 4.74 Å². The minimum atomic E-state index is -3.86. The fourth-order valence-corrected chi connectivity index (χ4v) is 6.11. The van der Waals surface area contributed by atoms with Gasteiger partial charge in [0.1, 0.15) is 5.82 Å². The summed E-state index contributed by atoms with van der Waals surface area (Å²) in [5, 5.41) is -0.0685. The van der Waals surface area contributed by atoms with E-state index in [2.05, 4.69) is 4.98 Å². The van der Waals surface area contributed by atoms with Gasteiger partial charge in [-0.25, -0.2) is 17.8 Å². The van der Waals surface area contributed by atoms with E-state index in [-0.39, 0.29) is 41.4 Å². The van der Waals surface area contributed by atoms with Crippen LogP contribution < -0.4 is 0 Å². The van der Waals surface area contributed by atoms with Gasteiger partial charge in [0.25, 0.3) is 0 Å². The Morgan fingerprint density at radius 2 is 1.82 bits per heavy atom. The van der Waals surface area contributed by atoms with Crippen LogP contribution in [-0.4, -0.2) is 48.0 Å². The molecule has 0 radical (unpaired) electrons. The third-order valence-corrected chi connectivity index (χ3v) is 8.06. The molecule has 0 spiro atoms. The maximum Gasteiger partial charge on any atom is 0.228 e. The molecule has 2 aromatic carbocycles. The molecule has 38 heavy (non-hydrogen) atoms. The molecule has 0 aliphatic carbocycles. The fourth-order valence-electron chi connectivity index (χ4n) is 4.62. The SMILES string of the molecule is CC(C)(C)CC(=O)N(Cc1cnc(S(=O)(=O)Cc2ccc(F)cc2)n1Cc1ccccc1)CC1CCCO1. The molecule has 4 rings (SSSR count). The highest BCUT2D eigenvalue weighted by molar-refractivity contribution is 7.90. The van der Waals surface area contributed by atoms with Gasteiger partial charge in [0.15, 0.2) is 0 Å². The molecule has 1 unspecified atom stereocenters. The van der Waals surface area contributed by atoms with E-state index in [0.29, 0.717) is 30.8 Å². The second kappa shape index (κ2) is 11.8. The molecule has 0 N–H and O–H groups in total. The van der Waals surface area contributed by atoms with Gasteiger partial charge in [0.2, 0.25) is 20.9 Å². The maximum absolute atomic E-state index is 13.5. The Kier molecular flexibility index (Phi) is 8.67. The van der Waals surface area contributed by atoms with Gasteiger partial charge in [-0.2, -0.15) is 0 Å². The lowest BCUT2D eigenvalue weighted by atomic mass is 9.91. The lowest BCUT2D eigenvalue weighted by Gasteiger charge is -2.29. The average Bonchev–Trinajstić information content (AvgIpc) is 3.50. The number of sulfone groups is 1. The number of hydrogen-bond acceptors (Lipinski definition) is 5. The molecule has 3 aromatic rings. The van der Waals surface area contributed by atoms with Crippen LogP contribution in [0.15, 0.2) is 66.0 Å². The first-order chi connectivity index (χ1) is 18.0. The summed E-state index contributed by atoms with van der Waals surface area (Å²) in [6.07, 6.45) is 3.73. The van der Waals surface area contributed by atoms with Crippen LogP contribution in [0.4, 0.5) is 4.39 Å². The Morgan fingerprint density at radius 3 is 2.45 bits per heavy atom. The standard InChI is InChI=1S/C29H36FN3O4S/c1-29(2,3)16-27(34)32(20-26-10-7-15-37-26)19-25-17-31-28(33(25)18-22-8-5-4-6-9-22)38(35,36)21-23-11-13-24(30)14-12-23/h4-6,8-9,11-14,17,26H,7,10,15-16,18-21H2,1-3H3. The van der Waals surface area contributed by atoms with E-state index in [0.717, 1.165) is 18.4 Å². The topological polar surface area (TPSA) is 81.5 Å². The lowest BCUT2D eigenvalue weighted by Crippen LogP contribution is -2.39. The zero-order valence-electron chi connectivity index (χ0n) is 22.3. The van der Waals surface area contributed by atoms with Crippen molar-refractivity contribution in [2.45, 2.75) is 70.1 Å². The first-order valence-electron chi connectivity index (χ1n) is 12.9. The molecular formula is C29H36FN3O4S. The fraction of sp³-hybridized carbons (Fsp3) is 0.448. The number of carbonyl (C=O) groups is 1. The predicted octanol–water partition coefficient (Wildman–Crippen LogP) is 4.99. The molecule has 1 aromatic heterocycles. The summed E-state index contributed by atoms with van der Waals surface area (Å²) in [7, 11) is -3.86. The van der Waals surface area contributed by atoms with Crippen molar-refractivity contribution < 1.29 is 22.3 Å². The number of nitrogens with zero attached hydrogens (tertiary/aromatic N) is 3. The number of hydrogen-bond donors (Lipinski definition) is 0. The summed E-state index contributed by atoms with van der Waals surface area (Å²) in [5.74, 6) is -0.734. The molecule has 2 heterocycles. The molecule has 1 saturated heterocycles. The van der Waals surface area contributed by atoms with Crippen LogP contribution in [0.25, 0.3) is 0 Å². The van der Waals surface area contributed by atoms with Gasteiger partial charge in [-0.1, -0.05) is 63.2 Å². The zero-order chi connectivity index (χ0) is 27.3. The lowest BCUT2D eigenvalue weighted by molar-refractivity contribution is -0.135. The molecule has 1 atom stereocenters. The van der Waals surface area contributed by atoms with Crippen molar-refractivity contribution >= 4 is 15.7 Å². The summed E-state index contributed by atoms with van der Waals surface area (Å²) in [6.45, 7) is 7.71. The first-order valence-corrected chi connectivity index (χ1v) is 14.6. The molecule has 0 bridgehead atoms. The van der Waals surface area contributed by atoms with Gasteiger partial charge in [0, 0.05) is 19.6 Å². The highest BCUT2D eigenvalue weighted by atomic mass is 32.2. The molecule has 1 aliphatic rings. The number of carbonyl (C=O) groups excluding carboxylic acids is 1. The molecular weight excluding hydrogens is 505 g/mol.